The summed E-state index contributed by atoms with van der Waals surface area (Å²) < 4.78 is 0. The van der Waals surface area contributed by atoms with Gasteiger partial charge in [-0.3, -0.25) is 4.79 Å². The molecular formula is C13H14N2O. The molecule has 3 heteroatoms. The van der Waals surface area contributed by atoms with Crippen molar-refractivity contribution < 1.29 is 4.79 Å². The number of aliphatic imine (C=N–C) groups is 1. The van der Waals surface area contributed by atoms with Gasteiger partial charge in [0.15, 0.2) is 0 Å². The lowest BCUT2D eigenvalue weighted by Crippen LogP contribution is -2.21. The summed E-state index contributed by atoms with van der Waals surface area (Å²) in [4.78, 5) is 15.6. The summed E-state index contributed by atoms with van der Waals surface area (Å²) in [5.74, 6) is 0.528. The van der Waals surface area contributed by atoms with Gasteiger partial charge in [-0.2, -0.15) is 0 Å². The quantitative estimate of drug-likeness (QED) is 0.715. The Morgan fingerprint density at radius 2 is 2.00 bits per heavy atom. The fourth-order valence-corrected chi connectivity index (χ4v) is 1.65. The van der Waals surface area contributed by atoms with Gasteiger partial charge in [-0.25, -0.2) is 4.99 Å². The summed E-state index contributed by atoms with van der Waals surface area (Å²) >= 11 is 0. The van der Waals surface area contributed by atoms with Gasteiger partial charge in [-0.1, -0.05) is 23.8 Å². The molecule has 1 N–H and O–H groups in total. The van der Waals surface area contributed by atoms with Gasteiger partial charge >= 0.3 is 0 Å². The second-order valence-corrected chi connectivity index (χ2v) is 4.04. The molecular weight excluding hydrogens is 200 g/mol. The minimum absolute atomic E-state index is 0.126. The van der Waals surface area contributed by atoms with Crippen LogP contribution in [-0.4, -0.2) is 11.7 Å². The topological polar surface area (TPSA) is 41.5 Å². The predicted molar refractivity (Wildman–Crippen MR) is 65.1 cm³/mol. The molecule has 0 aromatic heterocycles. The number of carbonyl (C=O) groups excluding carboxylic acids is 1. The standard InChI is InChI=1S/C13H14N2O/c1-8-4-5-9(2)11(6-8)7-12-13(16)15-10(3)14-12/h4-7H,1-3H3,(H,14,15,16)/b12-7+. The third kappa shape index (κ3) is 2.03. The van der Waals surface area contributed by atoms with Crippen molar-refractivity contribution in [2.75, 3.05) is 0 Å². The Kier molecular flexibility index (Phi) is 2.60. The van der Waals surface area contributed by atoms with Crippen LogP contribution >= 0.6 is 0 Å². The molecule has 0 aliphatic carbocycles. The van der Waals surface area contributed by atoms with E-state index < -0.39 is 0 Å². The summed E-state index contributed by atoms with van der Waals surface area (Å²) in [7, 11) is 0. The lowest BCUT2D eigenvalue weighted by molar-refractivity contribution is -0.115. The highest BCUT2D eigenvalue weighted by atomic mass is 16.2. The first kappa shape index (κ1) is 10.6. The van der Waals surface area contributed by atoms with E-state index in [4.69, 9.17) is 0 Å². The molecule has 0 atom stereocenters. The zero-order chi connectivity index (χ0) is 11.7. The van der Waals surface area contributed by atoms with E-state index in [0.717, 1.165) is 11.1 Å². The number of benzene rings is 1. The van der Waals surface area contributed by atoms with Crippen LogP contribution in [0.4, 0.5) is 0 Å². The van der Waals surface area contributed by atoms with Crippen LogP contribution in [0.1, 0.15) is 23.6 Å². The first-order chi connectivity index (χ1) is 7.56. The van der Waals surface area contributed by atoms with E-state index in [1.807, 2.05) is 26.0 Å². The molecule has 0 saturated heterocycles. The molecule has 0 unspecified atom stereocenters. The summed E-state index contributed by atoms with van der Waals surface area (Å²) in [6.07, 6.45) is 1.83. The first-order valence-corrected chi connectivity index (χ1v) is 5.22. The van der Waals surface area contributed by atoms with Crippen molar-refractivity contribution in [2.24, 2.45) is 4.99 Å². The molecule has 3 nitrogen and oxygen atoms in total. The smallest absolute Gasteiger partial charge is 0.275 e. The third-order valence-electron chi connectivity index (χ3n) is 2.54. The van der Waals surface area contributed by atoms with Crippen molar-refractivity contribution in [2.45, 2.75) is 20.8 Å². The van der Waals surface area contributed by atoms with Crippen LogP contribution in [0.2, 0.25) is 0 Å². The maximum atomic E-state index is 11.5. The van der Waals surface area contributed by atoms with Gasteiger partial charge in [-0.05, 0) is 38.0 Å². The van der Waals surface area contributed by atoms with Crippen molar-refractivity contribution >= 4 is 17.8 Å². The summed E-state index contributed by atoms with van der Waals surface area (Å²) in [6, 6.07) is 6.16. The number of rotatable bonds is 1. The highest BCUT2D eigenvalue weighted by Gasteiger charge is 2.16. The zero-order valence-electron chi connectivity index (χ0n) is 9.66. The maximum absolute atomic E-state index is 11.5. The van der Waals surface area contributed by atoms with Crippen molar-refractivity contribution in [3.05, 3.63) is 40.6 Å². The van der Waals surface area contributed by atoms with Gasteiger partial charge in [0.05, 0.1) is 0 Å². The van der Waals surface area contributed by atoms with Crippen molar-refractivity contribution in [1.29, 1.82) is 0 Å². The second-order valence-electron chi connectivity index (χ2n) is 4.04. The Morgan fingerprint density at radius 3 is 2.62 bits per heavy atom. The lowest BCUT2D eigenvalue weighted by Gasteiger charge is -2.02. The first-order valence-electron chi connectivity index (χ1n) is 5.22. The van der Waals surface area contributed by atoms with Crippen LogP contribution in [0.25, 0.3) is 6.08 Å². The van der Waals surface area contributed by atoms with Crippen molar-refractivity contribution in [1.82, 2.24) is 5.32 Å². The van der Waals surface area contributed by atoms with E-state index in [9.17, 15) is 4.79 Å². The molecule has 1 amide bonds. The van der Waals surface area contributed by atoms with Gasteiger partial charge in [-0.15, -0.1) is 0 Å². The zero-order valence-corrected chi connectivity index (χ0v) is 9.66. The molecule has 0 radical (unpaired) electrons. The molecule has 0 spiro atoms. The van der Waals surface area contributed by atoms with E-state index in [1.165, 1.54) is 5.56 Å². The van der Waals surface area contributed by atoms with Gasteiger partial charge in [0, 0.05) is 0 Å². The van der Waals surface area contributed by atoms with E-state index >= 15 is 0 Å². The fourth-order valence-electron chi connectivity index (χ4n) is 1.65. The highest BCUT2D eigenvalue weighted by molar-refractivity contribution is 6.13. The number of nitrogens with zero attached hydrogens (tertiary/aromatic N) is 1. The molecule has 0 fully saturated rings. The van der Waals surface area contributed by atoms with Crippen molar-refractivity contribution in [3.8, 4) is 0 Å². The monoisotopic (exact) mass is 214 g/mol. The summed E-state index contributed by atoms with van der Waals surface area (Å²) in [5, 5.41) is 2.66. The Bertz CT molecular complexity index is 513. The van der Waals surface area contributed by atoms with Gasteiger partial charge in [0.1, 0.15) is 11.5 Å². The van der Waals surface area contributed by atoms with Crippen LogP contribution < -0.4 is 5.32 Å². The Morgan fingerprint density at radius 1 is 1.25 bits per heavy atom. The molecule has 0 bridgehead atoms. The molecule has 1 aromatic carbocycles. The molecule has 1 heterocycles. The fraction of sp³-hybridized carbons (Fsp3) is 0.231. The Balaban J connectivity index is 2.43. The third-order valence-corrected chi connectivity index (χ3v) is 2.54. The van der Waals surface area contributed by atoms with Gasteiger partial charge < -0.3 is 5.32 Å². The second kappa shape index (κ2) is 3.93. The Hall–Kier alpha value is -1.90. The highest BCUT2D eigenvalue weighted by Crippen LogP contribution is 2.16. The van der Waals surface area contributed by atoms with Crippen molar-refractivity contribution in [3.63, 3.8) is 0 Å². The molecule has 0 saturated carbocycles. The van der Waals surface area contributed by atoms with Crippen LogP contribution in [0.5, 0.6) is 0 Å². The number of aryl methyl sites for hydroxylation is 2. The van der Waals surface area contributed by atoms with Crippen LogP contribution in [-0.2, 0) is 4.79 Å². The largest absolute Gasteiger partial charge is 0.309 e. The normalized spacial score (nSPS) is 17.6. The van der Waals surface area contributed by atoms with Crippen LogP contribution in [0, 0.1) is 13.8 Å². The molecule has 2 rings (SSSR count). The van der Waals surface area contributed by atoms with E-state index in [2.05, 4.69) is 22.4 Å². The number of hydrogen-bond acceptors (Lipinski definition) is 2. The number of carbonyl (C=O) groups is 1. The maximum Gasteiger partial charge on any atom is 0.275 e. The Labute approximate surface area is 94.9 Å². The molecule has 82 valence electrons. The lowest BCUT2D eigenvalue weighted by atomic mass is 10.0. The summed E-state index contributed by atoms with van der Waals surface area (Å²) in [6.45, 7) is 5.84. The van der Waals surface area contributed by atoms with E-state index in [1.54, 1.807) is 6.92 Å². The SMILES string of the molecule is CC1=N/C(=C/c2cc(C)ccc2C)C(=O)N1. The molecule has 1 aromatic rings. The molecule has 1 aliphatic heterocycles. The van der Waals surface area contributed by atoms with E-state index in [0.29, 0.717) is 11.5 Å². The van der Waals surface area contributed by atoms with Gasteiger partial charge in [0.2, 0.25) is 0 Å². The average Bonchev–Trinajstić information content (AvgIpc) is 2.51. The minimum atomic E-state index is -0.126. The number of nitrogens with one attached hydrogen (secondary N) is 1. The molecule has 1 aliphatic rings. The predicted octanol–water partition coefficient (Wildman–Crippen LogP) is 2.19. The average molecular weight is 214 g/mol. The molecule has 16 heavy (non-hydrogen) atoms. The number of hydrogen-bond donors (Lipinski definition) is 1. The van der Waals surface area contributed by atoms with Crippen LogP contribution in [0.3, 0.4) is 0 Å². The number of amidine groups is 1. The van der Waals surface area contributed by atoms with Gasteiger partial charge in [0.25, 0.3) is 5.91 Å². The van der Waals surface area contributed by atoms with Crippen LogP contribution in [0.15, 0.2) is 28.9 Å². The minimum Gasteiger partial charge on any atom is -0.309 e. The van der Waals surface area contributed by atoms with E-state index in [-0.39, 0.29) is 5.91 Å². The summed E-state index contributed by atoms with van der Waals surface area (Å²) in [5.41, 5.74) is 3.84. The number of amides is 1.